The van der Waals surface area contributed by atoms with E-state index in [2.05, 4.69) is 10.2 Å². The third-order valence-corrected chi connectivity index (χ3v) is 5.89. The van der Waals surface area contributed by atoms with E-state index in [9.17, 15) is 4.79 Å². The fraction of sp³-hybridized carbons (Fsp3) is 0.350. The molecule has 1 aromatic carbocycles. The average Bonchev–Trinajstić information content (AvgIpc) is 3.24. The van der Waals surface area contributed by atoms with Crippen molar-refractivity contribution in [2.24, 2.45) is 0 Å². The Morgan fingerprint density at radius 2 is 2.07 bits per heavy atom. The highest BCUT2D eigenvalue weighted by atomic mass is 35.5. The number of hydrogen-bond acceptors (Lipinski definition) is 5. The predicted octanol–water partition coefficient (Wildman–Crippen LogP) is 4.34. The summed E-state index contributed by atoms with van der Waals surface area (Å²) in [5, 5.41) is 10.1. The summed E-state index contributed by atoms with van der Waals surface area (Å²) < 4.78 is 7.49. The average molecular weight is 417 g/mol. The highest BCUT2D eigenvalue weighted by Crippen LogP contribution is 2.29. The zero-order valence-corrected chi connectivity index (χ0v) is 17.1. The summed E-state index contributed by atoms with van der Waals surface area (Å²) in [6.07, 6.45) is 3.87. The van der Waals surface area contributed by atoms with Crippen LogP contribution in [-0.4, -0.2) is 43.9 Å². The molecule has 1 amide bonds. The first-order valence-corrected chi connectivity index (χ1v) is 10.7. The van der Waals surface area contributed by atoms with Gasteiger partial charge in [-0.2, -0.15) is 0 Å². The molecule has 1 saturated carbocycles. The van der Waals surface area contributed by atoms with Gasteiger partial charge in [0, 0.05) is 23.2 Å². The molecule has 28 heavy (non-hydrogen) atoms. The Balaban J connectivity index is 1.57. The number of halogens is 1. The molecule has 2 aromatic heterocycles. The van der Waals surface area contributed by atoms with E-state index in [1.165, 1.54) is 11.8 Å². The number of nitrogens with zero attached hydrogens (tertiary/aromatic N) is 4. The van der Waals surface area contributed by atoms with Gasteiger partial charge in [-0.1, -0.05) is 23.4 Å². The first-order valence-electron chi connectivity index (χ1n) is 9.29. The summed E-state index contributed by atoms with van der Waals surface area (Å²) in [6, 6.07) is 11.7. The van der Waals surface area contributed by atoms with Gasteiger partial charge in [-0.05, 0) is 56.2 Å². The molecule has 6 nitrogen and oxygen atoms in total. The second-order valence-corrected chi connectivity index (χ2v) is 8.06. The lowest BCUT2D eigenvalue weighted by atomic mass is 10.2. The van der Waals surface area contributed by atoms with Crippen molar-refractivity contribution in [2.45, 2.75) is 37.5 Å². The second kappa shape index (κ2) is 8.41. The summed E-state index contributed by atoms with van der Waals surface area (Å²) in [5.41, 5.74) is 0.912. The molecule has 0 N–H and O–H groups in total. The summed E-state index contributed by atoms with van der Waals surface area (Å²) in [7, 11) is 0. The van der Waals surface area contributed by atoms with Crippen LogP contribution in [0, 0.1) is 0 Å². The normalized spacial score (nSPS) is 13.6. The van der Waals surface area contributed by atoms with Crippen molar-refractivity contribution in [1.82, 2.24) is 19.7 Å². The molecular formula is C20H21ClN4O2S. The number of benzene rings is 1. The monoisotopic (exact) mass is 416 g/mol. The number of aromatic nitrogens is 3. The first-order chi connectivity index (χ1) is 13.7. The molecule has 0 bridgehead atoms. The summed E-state index contributed by atoms with van der Waals surface area (Å²) in [5.74, 6) is 2.02. The lowest BCUT2D eigenvalue weighted by Crippen LogP contribution is -2.34. The van der Waals surface area contributed by atoms with Gasteiger partial charge < -0.3 is 9.32 Å². The van der Waals surface area contributed by atoms with Gasteiger partial charge in [-0.3, -0.25) is 9.36 Å². The largest absolute Gasteiger partial charge is 0.467 e. The van der Waals surface area contributed by atoms with Gasteiger partial charge in [0.1, 0.15) is 5.76 Å². The Kier molecular flexibility index (Phi) is 5.73. The van der Waals surface area contributed by atoms with E-state index < -0.39 is 0 Å². The molecule has 1 aliphatic carbocycles. The van der Waals surface area contributed by atoms with Crippen LogP contribution in [0.25, 0.3) is 11.4 Å². The maximum Gasteiger partial charge on any atom is 0.233 e. The minimum absolute atomic E-state index is 0.149. The molecule has 1 aliphatic rings. The maximum absolute atomic E-state index is 12.6. The van der Waals surface area contributed by atoms with E-state index in [1.54, 1.807) is 6.26 Å². The van der Waals surface area contributed by atoms with Gasteiger partial charge in [-0.25, -0.2) is 0 Å². The number of amides is 1. The summed E-state index contributed by atoms with van der Waals surface area (Å²) >= 11 is 7.43. The molecule has 4 rings (SSSR count). The van der Waals surface area contributed by atoms with Crippen molar-refractivity contribution >= 4 is 29.3 Å². The molecule has 0 atom stereocenters. The molecule has 8 heteroatoms. The number of carbonyl (C=O) groups is 1. The molecule has 1 fully saturated rings. The zero-order chi connectivity index (χ0) is 19.5. The van der Waals surface area contributed by atoms with E-state index in [0.717, 1.165) is 36.5 Å². The van der Waals surface area contributed by atoms with E-state index in [4.69, 9.17) is 16.0 Å². The van der Waals surface area contributed by atoms with Crippen LogP contribution in [0.3, 0.4) is 0 Å². The lowest BCUT2D eigenvalue weighted by Gasteiger charge is -2.19. The molecule has 0 aliphatic heterocycles. The van der Waals surface area contributed by atoms with Crippen LogP contribution in [0.1, 0.15) is 25.5 Å². The third-order valence-electron chi connectivity index (χ3n) is 4.69. The Morgan fingerprint density at radius 1 is 1.29 bits per heavy atom. The first kappa shape index (κ1) is 19.1. The van der Waals surface area contributed by atoms with Gasteiger partial charge in [-0.15, -0.1) is 10.2 Å². The van der Waals surface area contributed by atoms with E-state index in [-0.39, 0.29) is 5.91 Å². The van der Waals surface area contributed by atoms with Crippen molar-refractivity contribution in [2.75, 3.05) is 12.3 Å². The van der Waals surface area contributed by atoms with Gasteiger partial charge in [0.05, 0.1) is 18.6 Å². The number of rotatable bonds is 8. The molecule has 3 aromatic rings. The standard InChI is InChI=1S/C20H21ClN4O2S/c1-2-24(16-9-10-16)18(26)13-28-20-23-22-19(14-5-7-15(21)8-6-14)25(20)12-17-4-3-11-27-17/h3-8,11,16H,2,9-10,12-13H2,1H3. The minimum atomic E-state index is 0.149. The summed E-state index contributed by atoms with van der Waals surface area (Å²) in [4.78, 5) is 14.5. The van der Waals surface area contributed by atoms with Crippen molar-refractivity contribution in [1.29, 1.82) is 0 Å². The highest BCUT2D eigenvalue weighted by Gasteiger charge is 2.31. The van der Waals surface area contributed by atoms with Gasteiger partial charge in [0.2, 0.25) is 5.91 Å². The van der Waals surface area contributed by atoms with Crippen molar-refractivity contribution < 1.29 is 9.21 Å². The Bertz CT molecular complexity index is 936. The number of carbonyl (C=O) groups excluding carboxylic acids is 1. The second-order valence-electron chi connectivity index (χ2n) is 6.68. The van der Waals surface area contributed by atoms with Crippen LogP contribution in [0.4, 0.5) is 0 Å². The van der Waals surface area contributed by atoms with Gasteiger partial charge >= 0.3 is 0 Å². The smallest absolute Gasteiger partial charge is 0.233 e. The van der Waals surface area contributed by atoms with E-state index in [0.29, 0.717) is 28.5 Å². The Labute approximate surface area is 172 Å². The van der Waals surface area contributed by atoms with E-state index >= 15 is 0 Å². The fourth-order valence-corrected chi connectivity index (χ4v) is 4.09. The molecule has 0 radical (unpaired) electrons. The topological polar surface area (TPSA) is 64.2 Å². The Hall–Kier alpha value is -2.25. The third kappa shape index (κ3) is 4.25. The number of furan rings is 1. The van der Waals surface area contributed by atoms with Crippen LogP contribution < -0.4 is 0 Å². The molecular weight excluding hydrogens is 396 g/mol. The van der Waals surface area contributed by atoms with Crippen LogP contribution in [0.2, 0.25) is 5.02 Å². The molecule has 2 heterocycles. The van der Waals surface area contributed by atoms with Crippen molar-refractivity contribution in [3.8, 4) is 11.4 Å². The molecule has 0 spiro atoms. The zero-order valence-electron chi connectivity index (χ0n) is 15.5. The van der Waals surface area contributed by atoms with Crippen LogP contribution in [0.5, 0.6) is 0 Å². The van der Waals surface area contributed by atoms with Crippen LogP contribution in [0.15, 0.2) is 52.2 Å². The molecule has 146 valence electrons. The SMILES string of the molecule is CCN(C(=O)CSc1nnc(-c2ccc(Cl)cc2)n1Cc1ccco1)C1CC1. The number of thioether (sulfide) groups is 1. The van der Waals surface area contributed by atoms with Crippen LogP contribution in [-0.2, 0) is 11.3 Å². The van der Waals surface area contributed by atoms with Gasteiger partial charge in [0.15, 0.2) is 11.0 Å². The van der Waals surface area contributed by atoms with Crippen molar-refractivity contribution in [3.63, 3.8) is 0 Å². The van der Waals surface area contributed by atoms with Crippen molar-refractivity contribution in [3.05, 3.63) is 53.4 Å². The fourth-order valence-electron chi connectivity index (χ4n) is 3.14. The van der Waals surface area contributed by atoms with Gasteiger partial charge in [0.25, 0.3) is 0 Å². The minimum Gasteiger partial charge on any atom is -0.467 e. The molecule has 0 unspecified atom stereocenters. The summed E-state index contributed by atoms with van der Waals surface area (Å²) in [6.45, 7) is 3.27. The quantitative estimate of drug-likeness (QED) is 0.511. The predicted molar refractivity (Wildman–Crippen MR) is 109 cm³/mol. The number of hydrogen-bond donors (Lipinski definition) is 0. The Morgan fingerprint density at radius 3 is 2.71 bits per heavy atom. The highest BCUT2D eigenvalue weighted by molar-refractivity contribution is 7.99. The van der Waals surface area contributed by atoms with Crippen LogP contribution >= 0.6 is 23.4 Å². The lowest BCUT2D eigenvalue weighted by molar-refractivity contribution is -0.128. The molecule has 0 saturated heterocycles. The van der Waals surface area contributed by atoms with E-state index in [1.807, 2.05) is 52.8 Å². The maximum atomic E-state index is 12.6.